The fourth-order valence-electron chi connectivity index (χ4n) is 1.23. The minimum absolute atomic E-state index is 0.178. The topological polar surface area (TPSA) is 61.8 Å². The van der Waals surface area contributed by atoms with E-state index in [0.29, 0.717) is 5.75 Å². The second-order valence-corrected chi connectivity index (χ2v) is 4.96. The maximum absolute atomic E-state index is 11.7. The molecule has 0 saturated heterocycles. The summed E-state index contributed by atoms with van der Waals surface area (Å²) < 4.78 is 15.5. The van der Waals surface area contributed by atoms with E-state index in [4.69, 9.17) is 14.2 Å². The molecule has 1 rings (SSSR count). The predicted octanol–water partition coefficient (Wildman–Crippen LogP) is 2.82. The van der Waals surface area contributed by atoms with Crippen LogP contribution in [0.3, 0.4) is 0 Å². The Kier molecular flexibility index (Phi) is 5.55. The number of esters is 2. The number of hydrogen-bond donors (Lipinski definition) is 0. The van der Waals surface area contributed by atoms with Crippen LogP contribution in [0.15, 0.2) is 18.2 Å². The van der Waals surface area contributed by atoms with Gasteiger partial charge in [0.25, 0.3) is 0 Å². The third-order valence-electron chi connectivity index (χ3n) is 2.51. The molecule has 1 aromatic carbocycles. The monoisotopic (exact) mass is 280 g/mol. The molecule has 5 heteroatoms. The molecule has 0 fully saturated rings. The highest BCUT2D eigenvalue weighted by Gasteiger charge is 2.18. The standard InChI is InChI=1S/C15H20O5/c1-9(2)14(16)19-12-7-6-11(18-5)8-13(12)20-15(17)10(3)4/h6-10H,1-5H3. The van der Waals surface area contributed by atoms with Crippen LogP contribution in [0, 0.1) is 11.8 Å². The number of hydrogen-bond acceptors (Lipinski definition) is 5. The molecule has 0 spiro atoms. The first kappa shape index (κ1) is 16.0. The van der Waals surface area contributed by atoms with Gasteiger partial charge in [0.2, 0.25) is 0 Å². The van der Waals surface area contributed by atoms with Crippen molar-refractivity contribution >= 4 is 11.9 Å². The van der Waals surface area contributed by atoms with Crippen LogP contribution >= 0.6 is 0 Å². The summed E-state index contributed by atoms with van der Waals surface area (Å²) in [5.74, 6) is -0.450. The minimum atomic E-state index is -0.403. The second kappa shape index (κ2) is 6.93. The average Bonchev–Trinajstić information content (AvgIpc) is 2.40. The zero-order chi connectivity index (χ0) is 15.3. The van der Waals surface area contributed by atoms with E-state index >= 15 is 0 Å². The molecule has 0 unspecified atom stereocenters. The van der Waals surface area contributed by atoms with Crippen molar-refractivity contribution in [1.29, 1.82) is 0 Å². The van der Waals surface area contributed by atoms with Crippen LogP contribution in [0.5, 0.6) is 17.2 Å². The summed E-state index contributed by atoms with van der Waals surface area (Å²) in [7, 11) is 1.50. The molecule has 0 amide bonds. The molecule has 0 heterocycles. The molecule has 5 nitrogen and oxygen atoms in total. The SMILES string of the molecule is COc1ccc(OC(=O)C(C)C)c(OC(=O)C(C)C)c1. The van der Waals surface area contributed by atoms with Gasteiger partial charge in [-0.25, -0.2) is 0 Å². The lowest BCUT2D eigenvalue weighted by molar-refractivity contribution is -0.140. The lowest BCUT2D eigenvalue weighted by Crippen LogP contribution is -2.18. The zero-order valence-electron chi connectivity index (χ0n) is 12.4. The van der Waals surface area contributed by atoms with E-state index in [1.54, 1.807) is 39.8 Å². The normalized spacial score (nSPS) is 10.6. The molecule has 20 heavy (non-hydrogen) atoms. The van der Waals surface area contributed by atoms with Crippen LogP contribution in [-0.2, 0) is 9.59 Å². The van der Waals surface area contributed by atoms with Gasteiger partial charge in [0.15, 0.2) is 11.5 Å². The summed E-state index contributed by atoms with van der Waals surface area (Å²) in [6.45, 7) is 6.90. The van der Waals surface area contributed by atoms with Crippen LogP contribution in [0.2, 0.25) is 0 Å². The summed E-state index contributed by atoms with van der Waals surface area (Å²) in [5.41, 5.74) is 0. The Hall–Kier alpha value is -2.04. The molecular formula is C15H20O5. The van der Waals surface area contributed by atoms with Crippen LogP contribution < -0.4 is 14.2 Å². The molecule has 110 valence electrons. The first-order valence-electron chi connectivity index (χ1n) is 6.46. The van der Waals surface area contributed by atoms with Crippen molar-refractivity contribution in [2.75, 3.05) is 7.11 Å². The van der Waals surface area contributed by atoms with Crippen LogP contribution in [0.1, 0.15) is 27.7 Å². The van der Waals surface area contributed by atoms with Gasteiger partial charge >= 0.3 is 11.9 Å². The molecule has 0 N–H and O–H groups in total. The highest BCUT2D eigenvalue weighted by molar-refractivity contribution is 5.78. The number of carbonyl (C=O) groups is 2. The van der Waals surface area contributed by atoms with Crippen molar-refractivity contribution in [3.05, 3.63) is 18.2 Å². The Morgan fingerprint density at radius 3 is 1.85 bits per heavy atom. The fourth-order valence-corrected chi connectivity index (χ4v) is 1.23. The first-order valence-corrected chi connectivity index (χ1v) is 6.46. The molecule has 0 atom stereocenters. The van der Waals surface area contributed by atoms with Crippen molar-refractivity contribution < 1.29 is 23.8 Å². The lowest BCUT2D eigenvalue weighted by atomic mass is 10.2. The van der Waals surface area contributed by atoms with E-state index in [1.807, 2.05) is 0 Å². The van der Waals surface area contributed by atoms with Gasteiger partial charge in [-0.05, 0) is 12.1 Å². The van der Waals surface area contributed by atoms with Gasteiger partial charge in [0, 0.05) is 6.07 Å². The third kappa shape index (κ3) is 4.26. The molecule has 0 aliphatic carbocycles. The van der Waals surface area contributed by atoms with Gasteiger partial charge in [-0.2, -0.15) is 0 Å². The van der Waals surface area contributed by atoms with E-state index in [2.05, 4.69) is 0 Å². The Bertz CT molecular complexity index is 491. The summed E-state index contributed by atoms with van der Waals surface area (Å²) in [4.78, 5) is 23.3. The average molecular weight is 280 g/mol. The van der Waals surface area contributed by atoms with Crippen LogP contribution in [-0.4, -0.2) is 19.0 Å². The summed E-state index contributed by atoms with van der Waals surface area (Å²) in [5, 5.41) is 0. The summed E-state index contributed by atoms with van der Waals surface area (Å²) in [6.07, 6.45) is 0. The predicted molar refractivity (Wildman–Crippen MR) is 73.9 cm³/mol. The quantitative estimate of drug-likeness (QED) is 0.613. The van der Waals surface area contributed by atoms with Crippen LogP contribution in [0.25, 0.3) is 0 Å². The van der Waals surface area contributed by atoms with Crippen LogP contribution in [0.4, 0.5) is 0 Å². The van der Waals surface area contributed by atoms with Crippen molar-refractivity contribution in [3.63, 3.8) is 0 Å². The Labute approximate surface area is 118 Å². The highest BCUT2D eigenvalue weighted by atomic mass is 16.6. The van der Waals surface area contributed by atoms with Gasteiger partial charge in [0.1, 0.15) is 5.75 Å². The molecule has 0 aliphatic heterocycles. The van der Waals surface area contributed by atoms with Gasteiger partial charge < -0.3 is 14.2 Å². The Balaban J connectivity index is 3.03. The maximum atomic E-state index is 11.7. The number of carbonyl (C=O) groups excluding carboxylic acids is 2. The summed E-state index contributed by atoms with van der Waals surface area (Å²) >= 11 is 0. The smallest absolute Gasteiger partial charge is 0.313 e. The highest BCUT2D eigenvalue weighted by Crippen LogP contribution is 2.32. The number of methoxy groups -OCH3 is 1. The third-order valence-corrected chi connectivity index (χ3v) is 2.51. The Morgan fingerprint density at radius 1 is 0.900 bits per heavy atom. The molecule has 0 radical (unpaired) electrons. The molecule has 0 bridgehead atoms. The molecule has 0 aromatic heterocycles. The zero-order valence-corrected chi connectivity index (χ0v) is 12.4. The molecule has 1 aromatic rings. The fraction of sp³-hybridized carbons (Fsp3) is 0.467. The number of benzene rings is 1. The van der Waals surface area contributed by atoms with Gasteiger partial charge in [-0.3, -0.25) is 9.59 Å². The maximum Gasteiger partial charge on any atom is 0.313 e. The van der Waals surface area contributed by atoms with E-state index in [1.165, 1.54) is 13.2 Å². The van der Waals surface area contributed by atoms with Gasteiger partial charge in [-0.15, -0.1) is 0 Å². The molecular weight excluding hydrogens is 260 g/mol. The summed E-state index contributed by atoms with van der Waals surface area (Å²) in [6, 6.07) is 4.70. The van der Waals surface area contributed by atoms with Gasteiger partial charge in [-0.1, -0.05) is 27.7 Å². The van der Waals surface area contributed by atoms with Crippen molar-refractivity contribution in [2.24, 2.45) is 11.8 Å². The first-order chi connectivity index (χ1) is 9.35. The van der Waals surface area contributed by atoms with E-state index in [0.717, 1.165) is 0 Å². The van der Waals surface area contributed by atoms with E-state index in [9.17, 15) is 9.59 Å². The minimum Gasteiger partial charge on any atom is -0.497 e. The molecule has 0 aliphatic rings. The van der Waals surface area contributed by atoms with E-state index < -0.39 is 11.9 Å². The largest absolute Gasteiger partial charge is 0.497 e. The number of rotatable bonds is 5. The lowest BCUT2D eigenvalue weighted by Gasteiger charge is -2.13. The Morgan fingerprint density at radius 2 is 1.40 bits per heavy atom. The van der Waals surface area contributed by atoms with Crippen molar-refractivity contribution in [3.8, 4) is 17.2 Å². The number of ether oxygens (including phenoxy) is 3. The van der Waals surface area contributed by atoms with Gasteiger partial charge in [0.05, 0.1) is 18.9 Å². The van der Waals surface area contributed by atoms with E-state index in [-0.39, 0.29) is 23.3 Å². The van der Waals surface area contributed by atoms with Crippen molar-refractivity contribution in [2.45, 2.75) is 27.7 Å². The molecule has 0 saturated carbocycles. The van der Waals surface area contributed by atoms with Crippen molar-refractivity contribution in [1.82, 2.24) is 0 Å². The second-order valence-electron chi connectivity index (χ2n) is 4.96.